The van der Waals surface area contributed by atoms with Gasteiger partial charge in [-0.15, -0.1) is 0 Å². The van der Waals surface area contributed by atoms with Crippen molar-refractivity contribution in [3.8, 4) is 11.5 Å². The molecule has 1 heterocycles. The van der Waals surface area contributed by atoms with Crippen LogP contribution in [0.1, 0.15) is 26.7 Å². The van der Waals surface area contributed by atoms with Gasteiger partial charge in [-0.3, -0.25) is 4.79 Å². The van der Waals surface area contributed by atoms with Gasteiger partial charge in [0.05, 0.1) is 24.9 Å². The van der Waals surface area contributed by atoms with Crippen LogP contribution in [0.4, 0.5) is 0 Å². The Balaban J connectivity index is 2.49. The topological polar surface area (TPSA) is 64.2 Å². The van der Waals surface area contributed by atoms with Crippen molar-refractivity contribution in [2.45, 2.75) is 26.7 Å². The first-order valence-corrected chi connectivity index (χ1v) is 6.53. The summed E-state index contributed by atoms with van der Waals surface area (Å²) in [7, 11) is 0. The van der Waals surface area contributed by atoms with E-state index in [2.05, 4.69) is 9.97 Å². The average molecular weight is 262 g/mol. The molecule has 1 aromatic heterocycles. The minimum absolute atomic E-state index is 0.187. The maximum atomic E-state index is 11.8. The molecule has 2 aromatic rings. The normalized spacial score (nSPS) is 10.6. The summed E-state index contributed by atoms with van der Waals surface area (Å²) < 4.78 is 11.2. The molecule has 0 bridgehead atoms. The minimum atomic E-state index is -0.187. The predicted molar refractivity (Wildman–Crippen MR) is 73.9 cm³/mol. The third kappa shape index (κ3) is 3.05. The Labute approximate surface area is 111 Å². The fourth-order valence-corrected chi connectivity index (χ4v) is 1.75. The van der Waals surface area contributed by atoms with Crippen molar-refractivity contribution in [3.63, 3.8) is 0 Å². The van der Waals surface area contributed by atoms with E-state index in [0.29, 0.717) is 35.6 Å². The van der Waals surface area contributed by atoms with Crippen molar-refractivity contribution < 1.29 is 9.47 Å². The lowest BCUT2D eigenvalue weighted by Crippen LogP contribution is -2.08. The Morgan fingerprint density at radius 2 is 1.89 bits per heavy atom. The maximum Gasteiger partial charge on any atom is 0.258 e. The average Bonchev–Trinajstić information content (AvgIpc) is 2.43. The molecule has 1 N–H and O–H groups in total. The van der Waals surface area contributed by atoms with E-state index in [4.69, 9.17) is 9.47 Å². The van der Waals surface area contributed by atoms with Gasteiger partial charge in [-0.25, -0.2) is 4.98 Å². The van der Waals surface area contributed by atoms with Gasteiger partial charge in [-0.05, 0) is 18.9 Å². The van der Waals surface area contributed by atoms with Crippen LogP contribution in [0.15, 0.2) is 23.3 Å². The molecular formula is C14H18N2O3. The van der Waals surface area contributed by atoms with Gasteiger partial charge in [0.15, 0.2) is 0 Å². The number of hydrogen-bond donors (Lipinski definition) is 1. The molecule has 0 unspecified atom stereocenters. The zero-order valence-electron chi connectivity index (χ0n) is 11.2. The Morgan fingerprint density at radius 1 is 1.16 bits per heavy atom. The molecule has 102 valence electrons. The first-order chi connectivity index (χ1) is 9.26. The third-order valence-electron chi connectivity index (χ3n) is 2.62. The first kappa shape index (κ1) is 13.4. The summed E-state index contributed by atoms with van der Waals surface area (Å²) in [6, 6.07) is 3.50. The van der Waals surface area contributed by atoms with Gasteiger partial charge in [-0.1, -0.05) is 13.8 Å². The molecule has 0 saturated carbocycles. The number of benzene rings is 1. The van der Waals surface area contributed by atoms with Gasteiger partial charge in [0.25, 0.3) is 5.56 Å². The number of aromatic amines is 1. The Bertz CT molecular complexity index is 607. The van der Waals surface area contributed by atoms with Gasteiger partial charge in [0, 0.05) is 6.07 Å². The van der Waals surface area contributed by atoms with Crippen molar-refractivity contribution >= 4 is 10.9 Å². The van der Waals surface area contributed by atoms with E-state index in [1.54, 1.807) is 12.1 Å². The van der Waals surface area contributed by atoms with Crippen LogP contribution >= 0.6 is 0 Å². The molecule has 0 spiro atoms. The van der Waals surface area contributed by atoms with Crippen LogP contribution in [0.2, 0.25) is 0 Å². The molecule has 0 amide bonds. The molecular weight excluding hydrogens is 244 g/mol. The van der Waals surface area contributed by atoms with Crippen molar-refractivity contribution in [1.82, 2.24) is 9.97 Å². The lowest BCUT2D eigenvalue weighted by Gasteiger charge is -2.11. The Hall–Kier alpha value is -2.04. The van der Waals surface area contributed by atoms with E-state index >= 15 is 0 Å². The molecule has 0 aliphatic carbocycles. The third-order valence-corrected chi connectivity index (χ3v) is 2.62. The fourth-order valence-electron chi connectivity index (χ4n) is 1.75. The molecule has 0 aliphatic heterocycles. The van der Waals surface area contributed by atoms with Crippen LogP contribution in [0, 0.1) is 0 Å². The van der Waals surface area contributed by atoms with Gasteiger partial charge in [-0.2, -0.15) is 0 Å². The molecule has 0 fully saturated rings. The predicted octanol–water partition coefficient (Wildman–Crippen LogP) is 2.50. The summed E-state index contributed by atoms with van der Waals surface area (Å²) in [5.74, 6) is 1.23. The van der Waals surface area contributed by atoms with Crippen LogP contribution in [0.5, 0.6) is 11.5 Å². The highest BCUT2D eigenvalue weighted by atomic mass is 16.5. The standard InChI is InChI=1S/C14H18N2O3/c1-3-5-18-10-7-11-13(15-9-16-14(11)17)12(8-10)19-6-4-2/h7-9H,3-6H2,1-2H3,(H,15,16,17). The number of rotatable bonds is 6. The maximum absolute atomic E-state index is 11.8. The summed E-state index contributed by atoms with van der Waals surface area (Å²) >= 11 is 0. The van der Waals surface area contributed by atoms with E-state index in [0.717, 1.165) is 12.8 Å². The summed E-state index contributed by atoms with van der Waals surface area (Å²) in [6.45, 7) is 5.25. The van der Waals surface area contributed by atoms with E-state index in [9.17, 15) is 4.79 Å². The number of H-pyrrole nitrogens is 1. The molecule has 0 atom stereocenters. The van der Waals surface area contributed by atoms with Gasteiger partial charge in [0.2, 0.25) is 0 Å². The number of nitrogens with one attached hydrogen (secondary N) is 1. The zero-order chi connectivity index (χ0) is 13.7. The second kappa shape index (κ2) is 6.22. The molecule has 0 radical (unpaired) electrons. The van der Waals surface area contributed by atoms with E-state index in [-0.39, 0.29) is 5.56 Å². The molecule has 0 saturated heterocycles. The molecule has 2 rings (SSSR count). The Kier molecular flexibility index (Phi) is 4.39. The van der Waals surface area contributed by atoms with E-state index in [1.165, 1.54) is 6.33 Å². The van der Waals surface area contributed by atoms with Crippen molar-refractivity contribution in [2.24, 2.45) is 0 Å². The second-order valence-corrected chi connectivity index (χ2v) is 4.25. The monoisotopic (exact) mass is 262 g/mol. The summed E-state index contributed by atoms with van der Waals surface area (Å²) in [4.78, 5) is 18.6. The van der Waals surface area contributed by atoms with Crippen molar-refractivity contribution in [2.75, 3.05) is 13.2 Å². The summed E-state index contributed by atoms with van der Waals surface area (Å²) in [5.41, 5.74) is 0.384. The number of hydrogen-bond acceptors (Lipinski definition) is 4. The molecule has 0 aliphatic rings. The van der Waals surface area contributed by atoms with Gasteiger partial charge in [0.1, 0.15) is 17.0 Å². The van der Waals surface area contributed by atoms with Crippen LogP contribution in [-0.2, 0) is 0 Å². The van der Waals surface area contributed by atoms with Crippen molar-refractivity contribution in [1.29, 1.82) is 0 Å². The van der Waals surface area contributed by atoms with Gasteiger partial charge >= 0.3 is 0 Å². The summed E-state index contributed by atoms with van der Waals surface area (Å²) in [6.07, 6.45) is 3.19. The van der Waals surface area contributed by atoms with Crippen LogP contribution < -0.4 is 15.0 Å². The van der Waals surface area contributed by atoms with E-state index in [1.807, 2.05) is 13.8 Å². The van der Waals surface area contributed by atoms with Crippen LogP contribution in [0.3, 0.4) is 0 Å². The molecule has 1 aromatic carbocycles. The van der Waals surface area contributed by atoms with Gasteiger partial charge < -0.3 is 14.5 Å². The quantitative estimate of drug-likeness (QED) is 0.868. The number of ether oxygens (including phenoxy) is 2. The summed E-state index contributed by atoms with van der Waals surface area (Å²) in [5, 5.41) is 0.488. The molecule has 5 nitrogen and oxygen atoms in total. The number of aromatic nitrogens is 2. The highest BCUT2D eigenvalue weighted by Crippen LogP contribution is 2.28. The lowest BCUT2D eigenvalue weighted by atomic mass is 10.2. The number of fused-ring (bicyclic) bond motifs is 1. The smallest absolute Gasteiger partial charge is 0.258 e. The largest absolute Gasteiger partial charge is 0.493 e. The SMILES string of the molecule is CCCOc1cc(OCCC)c2nc[nH]c(=O)c2c1. The van der Waals surface area contributed by atoms with Crippen molar-refractivity contribution in [3.05, 3.63) is 28.8 Å². The van der Waals surface area contributed by atoms with Crippen LogP contribution in [-0.4, -0.2) is 23.2 Å². The van der Waals surface area contributed by atoms with Crippen LogP contribution in [0.25, 0.3) is 10.9 Å². The van der Waals surface area contributed by atoms with E-state index < -0.39 is 0 Å². The first-order valence-electron chi connectivity index (χ1n) is 6.53. The lowest BCUT2D eigenvalue weighted by molar-refractivity contribution is 0.304. The Morgan fingerprint density at radius 3 is 2.63 bits per heavy atom. The fraction of sp³-hybridized carbons (Fsp3) is 0.429. The number of nitrogens with zero attached hydrogens (tertiary/aromatic N) is 1. The zero-order valence-corrected chi connectivity index (χ0v) is 11.2. The highest BCUT2D eigenvalue weighted by Gasteiger charge is 2.10. The second-order valence-electron chi connectivity index (χ2n) is 4.25. The molecule has 5 heteroatoms. The highest BCUT2D eigenvalue weighted by molar-refractivity contribution is 5.85. The molecule has 19 heavy (non-hydrogen) atoms. The minimum Gasteiger partial charge on any atom is -0.493 e.